The highest BCUT2D eigenvalue weighted by Gasteiger charge is 2.13. The Balaban J connectivity index is 1.70. The maximum Gasteiger partial charge on any atom is 0.275 e. The number of benzene rings is 3. The number of hydrogen-bond donors (Lipinski definition) is 2. The summed E-state index contributed by atoms with van der Waals surface area (Å²) in [5.74, 6) is 0.366. The van der Waals surface area contributed by atoms with Crippen LogP contribution in [0.15, 0.2) is 68.6 Å². The molecule has 0 unspecified atom stereocenters. The summed E-state index contributed by atoms with van der Waals surface area (Å²) in [6, 6.07) is 15.4. The van der Waals surface area contributed by atoms with Crippen LogP contribution in [0.5, 0.6) is 17.2 Å². The maximum atomic E-state index is 12.2. The van der Waals surface area contributed by atoms with Crippen molar-refractivity contribution in [3.05, 3.63) is 85.3 Å². The summed E-state index contributed by atoms with van der Waals surface area (Å²) in [6.07, 6.45) is 1.46. The van der Waals surface area contributed by atoms with Crippen LogP contribution in [-0.2, 0) is 6.61 Å². The fourth-order valence-corrected chi connectivity index (χ4v) is 3.67. The summed E-state index contributed by atoms with van der Waals surface area (Å²) in [5.41, 5.74) is 4.13. The molecule has 0 heterocycles. The SMILES string of the molecule is COc1cc(/C=N\NC(=O)c2cc(Br)ccc2O)cc(Br)c1OCc1ccc(Cl)cc1. The first-order valence-corrected chi connectivity index (χ1v) is 10.9. The average Bonchev–Trinajstić information content (AvgIpc) is 2.75. The Labute approximate surface area is 201 Å². The number of rotatable bonds is 7. The van der Waals surface area contributed by atoms with Gasteiger partial charge in [0.05, 0.1) is 23.4 Å². The lowest BCUT2D eigenvalue weighted by atomic mass is 10.2. The Bertz CT molecular complexity index is 1120. The van der Waals surface area contributed by atoms with Crippen molar-refractivity contribution in [1.29, 1.82) is 0 Å². The van der Waals surface area contributed by atoms with E-state index in [2.05, 4.69) is 42.4 Å². The molecule has 9 heteroatoms. The molecule has 0 fully saturated rings. The van der Waals surface area contributed by atoms with E-state index < -0.39 is 5.91 Å². The molecular formula is C22H17Br2ClN2O4. The standard InChI is InChI=1S/C22H17Br2ClN2O4/c1-30-20-9-14(11-26-27-22(29)17-10-15(23)4-7-19(17)28)8-18(24)21(20)31-12-13-2-5-16(25)6-3-13/h2-11,28H,12H2,1H3,(H,27,29)/b26-11-. The predicted octanol–water partition coefficient (Wildman–Crippen LogP) is 5.92. The Morgan fingerprint density at radius 2 is 1.90 bits per heavy atom. The molecule has 3 aromatic carbocycles. The highest BCUT2D eigenvalue weighted by atomic mass is 79.9. The first kappa shape index (κ1) is 23.1. The summed E-state index contributed by atoms with van der Waals surface area (Å²) in [4.78, 5) is 12.2. The van der Waals surface area contributed by atoms with Gasteiger partial charge < -0.3 is 14.6 Å². The Morgan fingerprint density at radius 3 is 2.61 bits per heavy atom. The largest absolute Gasteiger partial charge is 0.507 e. The second kappa shape index (κ2) is 10.7. The number of hydrazone groups is 1. The molecule has 6 nitrogen and oxygen atoms in total. The number of nitrogens with zero attached hydrogens (tertiary/aromatic N) is 1. The van der Waals surface area contributed by atoms with Gasteiger partial charge in [0.1, 0.15) is 12.4 Å². The predicted molar refractivity (Wildman–Crippen MR) is 127 cm³/mol. The lowest BCUT2D eigenvalue weighted by Gasteiger charge is -2.13. The molecule has 0 saturated heterocycles. The van der Waals surface area contributed by atoms with Crippen LogP contribution in [0.3, 0.4) is 0 Å². The van der Waals surface area contributed by atoms with E-state index in [1.807, 2.05) is 12.1 Å². The minimum absolute atomic E-state index is 0.108. The van der Waals surface area contributed by atoms with E-state index in [-0.39, 0.29) is 11.3 Å². The lowest BCUT2D eigenvalue weighted by molar-refractivity contribution is 0.0952. The molecule has 0 radical (unpaired) electrons. The summed E-state index contributed by atoms with van der Waals surface area (Å²) >= 11 is 12.7. The van der Waals surface area contributed by atoms with E-state index in [0.717, 1.165) is 5.56 Å². The van der Waals surface area contributed by atoms with Crippen molar-refractivity contribution in [1.82, 2.24) is 5.43 Å². The minimum atomic E-state index is -0.538. The molecule has 1 amide bonds. The summed E-state index contributed by atoms with van der Waals surface area (Å²) in [5, 5.41) is 14.4. The van der Waals surface area contributed by atoms with Gasteiger partial charge in [-0.15, -0.1) is 0 Å². The Morgan fingerprint density at radius 1 is 1.16 bits per heavy atom. The number of methoxy groups -OCH3 is 1. The van der Waals surface area contributed by atoms with Crippen LogP contribution in [0.2, 0.25) is 5.02 Å². The molecule has 3 rings (SSSR count). The van der Waals surface area contributed by atoms with Gasteiger partial charge in [-0.2, -0.15) is 5.10 Å². The van der Waals surface area contributed by atoms with Crippen molar-refractivity contribution < 1.29 is 19.4 Å². The van der Waals surface area contributed by atoms with E-state index in [1.54, 1.807) is 30.3 Å². The van der Waals surface area contributed by atoms with E-state index in [9.17, 15) is 9.90 Å². The van der Waals surface area contributed by atoms with Gasteiger partial charge in [0.15, 0.2) is 11.5 Å². The highest BCUT2D eigenvalue weighted by molar-refractivity contribution is 9.10. The van der Waals surface area contributed by atoms with Crippen LogP contribution < -0.4 is 14.9 Å². The summed E-state index contributed by atoms with van der Waals surface area (Å²) < 4.78 is 12.7. The number of ether oxygens (including phenoxy) is 2. The van der Waals surface area contributed by atoms with Crippen molar-refractivity contribution in [2.45, 2.75) is 6.61 Å². The van der Waals surface area contributed by atoms with E-state index >= 15 is 0 Å². The van der Waals surface area contributed by atoms with Crippen LogP contribution >= 0.6 is 43.5 Å². The van der Waals surface area contributed by atoms with Gasteiger partial charge in [0.25, 0.3) is 5.91 Å². The lowest BCUT2D eigenvalue weighted by Crippen LogP contribution is -2.17. The highest BCUT2D eigenvalue weighted by Crippen LogP contribution is 2.37. The molecule has 0 atom stereocenters. The molecule has 0 aliphatic rings. The molecule has 3 aromatic rings. The average molecular weight is 569 g/mol. The third-order valence-corrected chi connectivity index (χ3v) is 5.47. The van der Waals surface area contributed by atoms with Gasteiger partial charge in [-0.1, -0.05) is 39.7 Å². The zero-order valence-corrected chi connectivity index (χ0v) is 20.2. The molecule has 0 aliphatic carbocycles. The number of phenolic OH excluding ortho intramolecular Hbond substituents is 1. The van der Waals surface area contributed by atoms with Gasteiger partial charge >= 0.3 is 0 Å². The fourth-order valence-electron chi connectivity index (χ4n) is 2.61. The van der Waals surface area contributed by atoms with Gasteiger partial charge in [-0.25, -0.2) is 5.43 Å². The van der Waals surface area contributed by atoms with Crippen LogP contribution in [0, 0.1) is 0 Å². The normalized spacial score (nSPS) is 10.8. The Hall–Kier alpha value is -2.55. The van der Waals surface area contributed by atoms with E-state index in [1.165, 1.54) is 25.5 Å². The minimum Gasteiger partial charge on any atom is -0.507 e. The van der Waals surface area contributed by atoms with Crippen LogP contribution in [-0.4, -0.2) is 24.3 Å². The first-order chi connectivity index (χ1) is 14.9. The molecule has 0 spiro atoms. The van der Waals surface area contributed by atoms with Crippen LogP contribution in [0.1, 0.15) is 21.5 Å². The Kier molecular flexibility index (Phi) is 7.95. The third-order valence-electron chi connectivity index (χ3n) is 4.13. The fraction of sp³-hybridized carbons (Fsp3) is 0.0909. The zero-order valence-electron chi connectivity index (χ0n) is 16.2. The number of amides is 1. The number of aromatic hydroxyl groups is 1. The van der Waals surface area contributed by atoms with Gasteiger partial charge in [-0.05, 0) is 69.5 Å². The van der Waals surface area contributed by atoms with Gasteiger partial charge in [-0.3, -0.25) is 4.79 Å². The molecule has 0 aliphatic heterocycles. The monoisotopic (exact) mass is 566 g/mol. The number of halogens is 3. The maximum absolute atomic E-state index is 12.2. The number of hydrogen-bond acceptors (Lipinski definition) is 5. The quantitative estimate of drug-likeness (QED) is 0.274. The zero-order chi connectivity index (χ0) is 22.4. The molecule has 0 bridgehead atoms. The topological polar surface area (TPSA) is 80.2 Å². The van der Waals surface area contributed by atoms with Crippen molar-refractivity contribution in [3.8, 4) is 17.2 Å². The second-order valence-corrected chi connectivity index (χ2v) is 8.52. The second-order valence-electron chi connectivity index (χ2n) is 6.31. The molecule has 2 N–H and O–H groups in total. The third kappa shape index (κ3) is 6.22. The van der Waals surface area contributed by atoms with Crippen LogP contribution in [0.4, 0.5) is 0 Å². The van der Waals surface area contributed by atoms with Gasteiger partial charge in [0.2, 0.25) is 0 Å². The van der Waals surface area contributed by atoms with Crippen LogP contribution in [0.25, 0.3) is 0 Å². The molecule has 0 aromatic heterocycles. The smallest absolute Gasteiger partial charge is 0.275 e. The van der Waals surface area contributed by atoms with Crippen molar-refractivity contribution in [2.24, 2.45) is 5.10 Å². The van der Waals surface area contributed by atoms with E-state index in [0.29, 0.717) is 37.6 Å². The number of carbonyl (C=O) groups excluding carboxylic acids is 1. The number of phenols is 1. The number of carbonyl (C=O) groups is 1. The van der Waals surface area contributed by atoms with E-state index in [4.69, 9.17) is 21.1 Å². The molecule has 31 heavy (non-hydrogen) atoms. The molecule has 0 saturated carbocycles. The van der Waals surface area contributed by atoms with Crippen molar-refractivity contribution in [2.75, 3.05) is 7.11 Å². The summed E-state index contributed by atoms with van der Waals surface area (Å²) in [6.45, 7) is 0.339. The summed E-state index contributed by atoms with van der Waals surface area (Å²) in [7, 11) is 1.54. The van der Waals surface area contributed by atoms with Gasteiger partial charge in [0, 0.05) is 9.50 Å². The molecular weight excluding hydrogens is 552 g/mol. The molecule has 160 valence electrons. The number of nitrogens with one attached hydrogen (secondary N) is 1. The first-order valence-electron chi connectivity index (χ1n) is 8.94. The van der Waals surface area contributed by atoms with Crippen molar-refractivity contribution >= 4 is 55.6 Å². The van der Waals surface area contributed by atoms with Crippen molar-refractivity contribution in [3.63, 3.8) is 0 Å².